The van der Waals surface area contributed by atoms with E-state index < -0.39 is 94.6 Å². The summed E-state index contributed by atoms with van der Waals surface area (Å²) in [6.45, 7) is 7.08. The zero-order valence-electron chi connectivity index (χ0n) is 18.0. The number of carbonyl (C=O) groups is 3. The molecule has 5 fully saturated rings. The molecule has 0 aromatic heterocycles. The smallest absolute Gasteiger partial charge is 0.338 e. The Hall–Kier alpha value is -1.75. The minimum Gasteiger partial charge on any atom is -0.459 e. The Morgan fingerprint density at radius 2 is 1.58 bits per heavy atom. The number of carbonyl (C=O) groups excluding carboxylic acids is 3. The third kappa shape index (κ3) is 1.98. The molecule has 2 spiro atoms. The summed E-state index contributed by atoms with van der Waals surface area (Å²) in [6.07, 6.45) is -8.23. The highest BCUT2D eigenvalue weighted by Gasteiger charge is 2.92. The first kappa shape index (κ1) is 21.1. The molecule has 3 aliphatic heterocycles. The number of methoxy groups -OCH3 is 1. The van der Waals surface area contributed by atoms with Crippen molar-refractivity contribution in [2.75, 3.05) is 7.11 Å². The number of fused-ring (bicyclic) bond motifs is 2. The van der Waals surface area contributed by atoms with Crippen LogP contribution in [0.1, 0.15) is 27.7 Å². The lowest BCUT2D eigenvalue weighted by molar-refractivity contribution is -0.241. The molecule has 2 saturated carbocycles. The minimum absolute atomic E-state index is 0.539. The highest BCUT2D eigenvalue weighted by Crippen LogP contribution is 2.78. The lowest BCUT2D eigenvalue weighted by atomic mass is 9.50. The van der Waals surface area contributed by atoms with Gasteiger partial charge in [-0.25, -0.2) is 4.79 Å². The average Bonchev–Trinajstić information content (AvgIpc) is 3.36. The van der Waals surface area contributed by atoms with Crippen LogP contribution in [-0.2, 0) is 33.3 Å². The Kier molecular flexibility index (Phi) is 4.07. The highest BCUT2D eigenvalue weighted by atomic mass is 16.7. The maximum Gasteiger partial charge on any atom is 0.338 e. The minimum atomic E-state index is -1.79. The molecule has 5 rings (SSSR count). The number of hydrogen-bond donors (Lipinski definition) is 3. The van der Waals surface area contributed by atoms with E-state index in [0.717, 1.165) is 0 Å². The van der Waals surface area contributed by atoms with E-state index in [1.165, 1.54) is 7.11 Å². The van der Waals surface area contributed by atoms with E-state index in [9.17, 15) is 29.7 Å². The molecule has 10 heteroatoms. The molecule has 4 unspecified atom stereocenters. The molecule has 172 valence electrons. The van der Waals surface area contributed by atoms with E-state index >= 15 is 0 Å². The molecule has 3 N–H and O–H groups in total. The topological polar surface area (TPSA) is 149 Å². The summed E-state index contributed by atoms with van der Waals surface area (Å²) in [6, 6.07) is 0. The van der Waals surface area contributed by atoms with Crippen LogP contribution in [0.5, 0.6) is 0 Å². The highest BCUT2D eigenvalue weighted by molar-refractivity contribution is 5.85. The monoisotopic (exact) mass is 440 g/mol. The van der Waals surface area contributed by atoms with Crippen molar-refractivity contribution >= 4 is 17.9 Å². The molecule has 0 bridgehead atoms. The number of esters is 3. The standard InChI is InChI=1S/C21H28O10/c1-6-7-8-16(26)30-14-9(22)11(19(2,3)4)21(13(24)17(27)31-18(21)28-5)20(8,14)12(23)10(7)29-15(6)25/h6-14,18,22-24H,1-5H3/t6-,7+,8?,9+,10+,11-,12-,13-,14?,18?,20-,21?/m0/s1. The van der Waals surface area contributed by atoms with Crippen molar-refractivity contribution in [2.24, 2.45) is 39.9 Å². The van der Waals surface area contributed by atoms with E-state index in [0.29, 0.717) is 0 Å². The van der Waals surface area contributed by atoms with Gasteiger partial charge in [0, 0.05) is 18.9 Å². The number of ether oxygens (including phenoxy) is 4. The summed E-state index contributed by atoms with van der Waals surface area (Å²) >= 11 is 0. The van der Waals surface area contributed by atoms with Crippen molar-refractivity contribution in [3.63, 3.8) is 0 Å². The van der Waals surface area contributed by atoms with Crippen molar-refractivity contribution in [3.05, 3.63) is 0 Å². The zero-order chi connectivity index (χ0) is 22.8. The molecule has 0 radical (unpaired) electrons. The van der Waals surface area contributed by atoms with Crippen LogP contribution in [0.3, 0.4) is 0 Å². The van der Waals surface area contributed by atoms with Gasteiger partial charge in [0.1, 0.15) is 18.3 Å². The van der Waals surface area contributed by atoms with Crippen molar-refractivity contribution in [1.82, 2.24) is 0 Å². The second-order valence-corrected chi connectivity index (χ2v) is 10.7. The second-order valence-electron chi connectivity index (χ2n) is 10.7. The fourth-order valence-corrected chi connectivity index (χ4v) is 7.95. The molecule has 0 aromatic rings. The van der Waals surface area contributed by atoms with Crippen molar-refractivity contribution in [1.29, 1.82) is 0 Å². The van der Waals surface area contributed by atoms with Crippen LogP contribution in [0.2, 0.25) is 0 Å². The van der Waals surface area contributed by atoms with Gasteiger partial charge in [0.2, 0.25) is 6.29 Å². The second kappa shape index (κ2) is 5.98. The normalized spacial score (nSPS) is 55.2. The Bertz CT molecular complexity index is 865. The van der Waals surface area contributed by atoms with Crippen LogP contribution in [0.4, 0.5) is 0 Å². The predicted molar refractivity (Wildman–Crippen MR) is 98.6 cm³/mol. The molecule has 5 aliphatic rings. The van der Waals surface area contributed by atoms with Gasteiger partial charge >= 0.3 is 17.9 Å². The van der Waals surface area contributed by atoms with Gasteiger partial charge in [-0.05, 0) is 5.41 Å². The van der Waals surface area contributed by atoms with E-state index in [4.69, 9.17) is 18.9 Å². The maximum absolute atomic E-state index is 13.2. The molecule has 10 nitrogen and oxygen atoms in total. The predicted octanol–water partition coefficient (Wildman–Crippen LogP) is -1.02. The summed E-state index contributed by atoms with van der Waals surface area (Å²) in [4.78, 5) is 38.1. The van der Waals surface area contributed by atoms with Crippen LogP contribution < -0.4 is 0 Å². The summed E-state index contributed by atoms with van der Waals surface area (Å²) in [7, 11) is 1.30. The molecule has 31 heavy (non-hydrogen) atoms. The van der Waals surface area contributed by atoms with Crippen LogP contribution in [0.15, 0.2) is 0 Å². The van der Waals surface area contributed by atoms with E-state index in [2.05, 4.69) is 0 Å². The van der Waals surface area contributed by atoms with E-state index in [1.807, 2.05) is 20.8 Å². The van der Waals surface area contributed by atoms with Gasteiger partial charge in [-0.3, -0.25) is 9.59 Å². The first-order valence-electron chi connectivity index (χ1n) is 10.6. The van der Waals surface area contributed by atoms with E-state index in [1.54, 1.807) is 6.92 Å². The first-order valence-corrected chi connectivity index (χ1v) is 10.6. The number of hydrogen-bond acceptors (Lipinski definition) is 10. The quantitative estimate of drug-likeness (QED) is 0.342. The summed E-state index contributed by atoms with van der Waals surface area (Å²) in [5.41, 5.74) is -4.09. The Balaban J connectivity index is 1.84. The molecule has 0 amide bonds. The first-order chi connectivity index (χ1) is 14.4. The van der Waals surface area contributed by atoms with E-state index in [-0.39, 0.29) is 0 Å². The van der Waals surface area contributed by atoms with Gasteiger partial charge in [-0.15, -0.1) is 0 Å². The Morgan fingerprint density at radius 1 is 0.935 bits per heavy atom. The molecule has 3 saturated heterocycles. The number of aliphatic hydroxyl groups excluding tert-OH is 3. The fourth-order valence-electron chi connectivity index (χ4n) is 7.95. The largest absolute Gasteiger partial charge is 0.459 e. The summed E-state index contributed by atoms with van der Waals surface area (Å²) in [5, 5.41) is 34.5. The molecular weight excluding hydrogens is 412 g/mol. The maximum atomic E-state index is 13.2. The lowest BCUT2D eigenvalue weighted by Gasteiger charge is -2.51. The molecule has 0 aromatic carbocycles. The van der Waals surface area contributed by atoms with Gasteiger partial charge in [0.25, 0.3) is 0 Å². The van der Waals surface area contributed by atoms with Gasteiger partial charge in [-0.2, -0.15) is 0 Å². The third-order valence-corrected chi connectivity index (χ3v) is 8.60. The third-order valence-electron chi connectivity index (χ3n) is 8.60. The van der Waals surface area contributed by atoms with Crippen LogP contribution >= 0.6 is 0 Å². The molecular formula is C21H28O10. The zero-order valence-corrected chi connectivity index (χ0v) is 18.0. The number of cyclic esters (lactones) is 1. The van der Waals surface area contributed by atoms with Crippen molar-refractivity contribution < 1.29 is 48.7 Å². The Morgan fingerprint density at radius 3 is 2.16 bits per heavy atom. The van der Waals surface area contributed by atoms with Crippen molar-refractivity contribution in [3.8, 4) is 0 Å². The molecule has 3 heterocycles. The SMILES string of the molecule is COC1OC(=O)[C@H](O)C12[C@H](C(C)(C)C)[C@@H](O)C1OC(=O)C3[C@@H]4[C@@H](OC(=O)[C@H]4C)[C@H](O)[C@@]312. The summed E-state index contributed by atoms with van der Waals surface area (Å²) in [5.74, 6) is -5.60. The van der Waals surface area contributed by atoms with Crippen LogP contribution in [0.25, 0.3) is 0 Å². The molecule has 12 atom stereocenters. The van der Waals surface area contributed by atoms with Gasteiger partial charge in [0.15, 0.2) is 6.10 Å². The fraction of sp³-hybridized carbons (Fsp3) is 0.857. The van der Waals surface area contributed by atoms with Crippen LogP contribution in [-0.4, -0.2) is 77.1 Å². The van der Waals surface area contributed by atoms with Gasteiger partial charge in [0.05, 0.1) is 28.8 Å². The van der Waals surface area contributed by atoms with Crippen molar-refractivity contribution in [2.45, 2.75) is 64.5 Å². The van der Waals surface area contributed by atoms with Gasteiger partial charge in [-0.1, -0.05) is 27.7 Å². The molecule has 2 aliphatic carbocycles. The Labute approximate surface area is 178 Å². The number of rotatable bonds is 1. The number of aliphatic hydroxyl groups is 3. The summed E-state index contributed by atoms with van der Waals surface area (Å²) < 4.78 is 22.0. The van der Waals surface area contributed by atoms with Crippen LogP contribution in [0, 0.1) is 39.9 Å². The van der Waals surface area contributed by atoms with Gasteiger partial charge < -0.3 is 34.3 Å². The lowest BCUT2D eigenvalue weighted by Crippen LogP contribution is -2.64. The average molecular weight is 440 g/mol.